The third-order valence-corrected chi connectivity index (χ3v) is 5.70. The second-order valence-electron chi connectivity index (χ2n) is 7.69. The fourth-order valence-corrected chi connectivity index (χ4v) is 4.04. The summed E-state index contributed by atoms with van der Waals surface area (Å²) >= 11 is 0. The highest BCUT2D eigenvalue weighted by molar-refractivity contribution is 5.97. The van der Waals surface area contributed by atoms with Crippen LogP contribution < -0.4 is 5.32 Å². The largest absolute Gasteiger partial charge is 0.382 e. The van der Waals surface area contributed by atoms with E-state index in [1.165, 1.54) is 11.4 Å². The SMILES string of the molecule is Cn1cc(C(=O)C2CCN(C(=O)CCCC3=Cn4cccc4CN3)CC2)cn1. The van der Waals surface area contributed by atoms with Gasteiger partial charge in [0.2, 0.25) is 5.91 Å². The van der Waals surface area contributed by atoms with Crippen LogP contribution in [0.25, 0.3) is 6.20 Å². The van der Waals surface area contributed by atoms with Gasteiger partial charge in [-0.2, -0.15) is 5.10 Å². The number of fused-ring (bicyclic) bond motifs is 1. The first kappa shape index (κ1) is 18.5. The van der Waals surface area contributed by atoms with Crippen LogP contribution in [0.4, 0.5) is 0 Å². The molecule has 1 N–H and O–H groups in total. The van der Waals surface area contributed by atoms with Gasteiger partial charge >= 0.3 is 0 Å². The zero-order valence-electron chi connectivity index (χ0n) is 16.3. The van der Waals surface area contributed by atoms with Crippen molar-refractivity contribution in [3.63, 3.8) is 0 Å². The third-order valence-electron chi connectivity index (χ3n) is 5.70. The van der Waals surface area contributed by atoms with Gasteiger partial charge in [-0.15, -0.1) is 0 Å². The number of hydrogen-bond acceptors (Lipinski definition) is 4. The number of amides is 1. The number of ketones is 1. The second-order valence-corrected chi connectivity index (χ2v) is 7.69. The molecule has 0 aliphatic carbocycles. The molecule has 0 bridgehead atoms. The van der Waals surface area contributed by atoms with Gasteiger partial charge in [0, 0.05) is 62.5 Å². The summed E-state index contributed by atoms with van der Waals surface area (Å²) in [6.45, 7) is 2.18. The van der Waals surface area contributed by atoms with E-state index in [2.05, 4.69) is 33.4 Å². The first-order chi connectivity index (χ1) is 13.6. The maximum absolute atomic E-state index is 12.5. The van der Waals surface area contributed by atoms with Gasteiger partial charge in [-0.25, -0.2) is 0 Å². The molecule has 0 atom stereocenters. The standard InChI is InChI=1S/C21H27N5O2/c1-24-14-17(12-23-24)21(28)16-7-10-25(11-8-16)20(27)6-2-4-18-15-26-9-3-5-19(26)13-22-18/h3,5,9,12,14-16,22H,2,4,6-8,10-11,13H2,1H3. The van der Waals surface area contributed by atoms with Crippen molar-refractivity contribution in [3.05, 3.63) is 47.7 Å². The summed E-state index contributed by atoms with van der Waals surface area (Å²) < 4.78 is 3.79. The highest BCUT2D eigenvalue weighted by Crippen LogP contribution is 2.23. The van der Waals surface area contributed by atoms with Crippen molar-refractivity contribution in [2.75, 3.05) is 13.1 Å². The summed E-state index contributed by atoms with van der Waals surface area (Å²) in [5, 5.41) is 7.50. The van der Waals surface area contributed by atoms with Gasteiger partial charge in [-0.3, -0.25) is 14.3 Å². The number of aromatic nitrogens is 3. The van der Waals surface area contributed by atoms with E-state index in [1.807, 2.05) is 18.0 Å². The van der Waals surface area contributed by atoms with Crippen LogP contribution in [-0.4, -0.2) is 44.0 Å². The Hall–Kier alpha value is -2.83. The number of likely N-dealkylation sites (tertiary alicyclic amines) is 1. The van der Waals surface area contributed by atoms with Gasteiger partial charge in [0.15, 0.2) is 5.78 Å². The monoisotopic (exact) mass is 381 g/mol. The fraction of sp³-hybridized carbons (Fsp3) is 0.476. The molecule has 1 fully saturated rings. The predicted octanol–water partition coefficient (Wildman–Crippen LogP) is 2.42. The van der Waals surface area contributed by atoms with Crippen LogP contribution in [0.2, 0.25) is 0 Å². The molecule has 148 valence electrons. The minimum Gasteiger partial charge on any atom is -0.382 e. The van der Waals surface area contributed by atoms with Crippen molar-refractivity contribution in [2.24, 2.45) is 13.0 Å². The Morgan fingerprint density at radius 2 is 2.11 bits per heavy atom. The Bertz CT molecular complexity index is 886. The number of rotatable bonds is 6. The van der Waals surface area contributed by atoms with Crippen LogP contribution in [0.3, 0.4) is 0 Å². The number of piperidine rings is 1. The quantitative estimate of drug-likeness (QED) is 0.780. The molecule has 0 unspecified atom stereocenters. The van der Waals surface area contributed by atoms with Gasteiger partial charge in [-0.05, 0) is 37.8 Å². The lowest BCUT2D eigenvalue weighted by Crippen LogP contribution is -2.40. The second kappa shape index (κ2) is 8.04. The van der Waals surface area contributed by atoms with E-state index in [0.29, 0.717) is 25.1 Å². The van der Waals surface area contributed by atoms with Gasteiger partial charge in [0.05, 0.1) is 18.3 Å². The molecule has 4 rings (SSSR count). The molecular weight excluding hydrogens is 354 g/mol. The molecule has 2 aromatic rings. The Labute approximate surface area is 165 Å². The summed E-state index contributed by atoms with van der Waals surface area (Å²) in [5.41, 5.74) is 3.10. The number of nitrogens with one attached hydrogen (secondary N) is 1. The lowest BCUT2D eigenvalue weighted by atomic mass is 9.90. The zero-order valence-corrected chi connectivity index (χ0v) is 16.3. The molecule has 1 amide bonds. The average Bonchev–Trinajstić information content (AvgIpc) is 3.36. The number of hydrogen-bond donors (Lipinski definition) is 1. The molecule has 0 aromatic carbocycles. The van der Waals surface area contributed by atoms with E-state index in [9.17, 15) is 9.59 Å². The molecule has 2 aromatic heterocycles. The van der Waals surface area contributed by atoms with Crippen molar-refractivity contribution in [3.8, 4) is 0 Å². The first-order valence-corrected chi connectivity index (χ1v) is 10.0. The van der Waals surface area contributed by atoms with Crippen LogP contribution in [0.5, 0.6) is 0 Å². The molecule has 7 nitrogen and oxygen atoms in total. The fourth-order valence-electron chi connectivity index (χ4n) is 4.04. The molecule has 28 heavy (non-hydrogen) atoms. The molecule has 0 radical (unpaired) electrons. The number of aryl methyl sites for hydroxylation is 1. The summed E-state index contributed by atoms with van der Waals surface area (Å²) in [5.74, 6) is 0.353. The summed E-state index contributed by atoms with van der Waals surface area (Å²) in [4.78, 5) is 27.0. The lowest BCUT2D eigenvalue weighted by Gasteiger charge is -2.31. The van der Waals surface area contributed by atoms with E-state index in [1.54, 1.807) is 17.1 Å². The highest BCUT2D eigenvalue weighted by atomic mass is 16.2. The van der Waals surface area contributed by atoms with Gasteiger partial charge in [-0.1, -0.05) is 0 Å². The maximum atomic E-state index is 12.5. The molecular formula is C21H27N5O2. The molecule has 0 saturated carbocycles. The van der Waals surface area contributed by atoms with Crippen LogP contribution in [0.1, 0.15) is 48.2 Å². The molecule has 1 saturated heterocycles. The number of Topliss-reactive ketones (excluding diaryl/α,β-unsaturated/α-hetero) is 1. The first-order valence-electron chi connectivity index (χ1n) is 10.0. The van der Waals surface area contributed by atoms with Crippen LogP contribution in [-0.2, 0) is 18.4 Å². The molecule has 2 aliphatic heterocycles. The van der Waals surface area contributed by atoms with E-state index in [4.69, 9.17) is 0 Å². The van der Waals surface area contributed by atoms with Crippen LogP contribution in [0, 0.1) is 5.92 Å². The van der Waals surface area contributed by atoms with E-state index < -0.39 is 0 Å². The van der Waals surface area contributed by atoms with Crippen LogP contribution in [0.15, 0.2) is 36.4 Å². The minimum absolute atomic E-state index is 0.000566. The minimum atomic E-state index is 0.000566. The molecule has 2 aliphatic rings. The number of nitrogens with zero attached hydrogens (tertiary/aromatic N) is 4. The van der Waals surface area contributed by atoms with E-state index >= 15 is 0 Å². The molecule has 7 heteroatoms. The van der Waals surface area contributed by atoms with Crippen molar-refractivity contribution in [1.82, 2.24) is 24.6 Å². The molecule has 0 spiro atoms. The van der Waals surface area contributed by atoms with Gasteiger partial charge in [0.1, 0.15) is 0 Å². The highest BCUT2D eigenvalue weighted by Gasteiger charge is 2.28. The summed E-state index contributed by atoms with van der Waals surface area (Å²) in [6.07, 6.45) is 11.3. The Balaban J connectivity index is 1.21. The van der Waals surface area contributed by atoms with E-state index in [0.717, 1.165) is 32.2 Å². The van der Waals surface area contributed by atoms with Crippen molar-refractivity contribution < 1.29 is 9.59 Å². The topological polar surface area (TPSA) is 72.2 Å². The molecule has 4 heterocycles. The average molecular weight is 381 g/mol. The zero-order chi connectivity index (χ0) is 19.5. The maximum Gasteiger partial charge on any atom is 0.222 e. The summed E-state index contributed by atoms with van der Waals surface area (Å²) in [7, 11) is 1.81. The van der Waals surface area contributed by atoms with E-state index in [-0.39, 0.29) is 17.6 Å². The smallest absolute Gasteiger partial charge is 0.222 e. The van der Waals surface area contributed by atoms with Crippen molar-refractivity contribution in [1.29, 1.82) is 0 Å². The predicted molar refractivity (Wildman–Crippen MR) is 106 cm³/mol. The van der Waals surface area contributed by atoms with Crippen LogP contribution >= 0.6 is 0 Å². The normalized spacial score (nSPS) is 17.0. The lowest BCUT2D eigenvalue weighted by molar-refractivity contribution is -0.132. The number of allylic oxidation sites excluding steroid dienone is 1. The summed E-state index contributed by atoms with van der Waals surface area (Å²) in [6, 6.07) is 4.15. The Kier molecular flexibility index (Phi) is 5.32. The Morgan fingerprint density at radius 1 is 1.29 bits per heavy atom. The number of carbonyl (C=O) groups is 2. The number of carbonyl (C=O) groups excluding carboxylic acids is 2. The van der Waals surface area contributed by atoms with Crippen molar-refractivity contribution in [2.45, 2.75) is 38.6 Å². The third kappa shape index (κ3) is 4.03. The van der Waals surface area contributed by atoms with Crippen molar-refractivity contribution >= 4 is 17.9 Å². The van der Waals surface area contributed by atoms with Gasteiger partial charge < -0.3 is 14.8 Å². The van der Waals surface area contributed by atoms with Gasteiger partial charge in [0.25, 0.3) is 0 Å². The Morgan fingerprint density at radius 3 is 2.86 bits per heavy atom.